The Morgan fingerprint density at radius 1 is 1.59 bits per heavy atom. The summed E-state index contributed by atoms with van der Waals surface area (Å²) in [6.07, 6.45) is 0.763. The van der Waals surface area contributed by atoms with Crippen LogP contribution in [0.25, 0.3) is 0 Å². The monoisotopic (exact) mass is 241 g/mol. The molecule has 0 aliphatic heterocycles. The molecule has 0 saturated carbocycles. The molecule has 0 aliphatic carbocycles. The van der Waals surface area contributed by atoms with Crippen LogP contribution in [0.5, 0.6) is 0 Å². The SMILES string of the molecule is Cc1nn(C(C)C)c(NCCCN)c1[N+](=O)[O-]. The van der Waals surface area contributed by atoms with Crippen molar-refractivity contribution in [1.29, 1.82) is 0 Å². The summed E-state index contributed by atoms with van der Waals surface area (Å²) in [5.74, 6) is 0.468. The van der Waals surface area contributed by atoms with E-state index in [0.29, 0.717) is 24.6 Å². The number of nitrogens with one attached hydrogen (secondary N) is 1. The lowest BCUT2D eigenvalue weighted by Gasteiger charge is -2.11. The molecule has 0 amide bonds. The standard InChI is InChI=1S/C10H19N5O2/c1-7(2)14-10(12-6-4-5-11)9(15(16)17)8(3)13-14/h7,12H,4-6,11H2,1-3H3. The molecule has 0 aliphatic rings. The molecule has 7 heteroatoms. The molecular formula is C10H19N5O2. The summed E-state index contributed by atoms with van der Waals surface area (Å²) in [6, 6.07) is 0.0720. The van der Waals surface area contributed by atoms with Gasteiger partial charge in [0, 0.05) is 12.6 Å². The second-order valence-corrected chi connectivity index (χ2v) is 4.15. The molecule has 0 aromatic carbocycles. The Morgan fingerprint density at radius 3 is 2.71 bits per heavy atom. The molecule has 0 spiro atoms. The molecule has 0 unspecified atom stereocenters. The summed E-state index contributed by atoms with van der Waals surface area (Å²) in [5.41, 5.74) is 5.88. The molecule has 17 heavy (non-hydrogen) atoms. The minimum absolute atomic E-state index is 0.0516. The topological polar surface area (TPSA) is 99.0 Å². The maximum atomic E-state index is 11.0. The van der Waals surface area contributed by atoms with Crippen molar-refractivity contribution in [2.75, 3.05) is 18.4 Å². The molecule has 96 valence electrons. The van der Waals surface area contributed by atoms with Crippen molar-refractivity contribution in [3.8, 4) is 0 Å². The molecule has 1 heterocycles. The van der Waals surface area contributed by atoms with Gasteiger partial charge in [-0.1, -0.05) is 0 Å². The highest BCUT2D eigenvalue weighted by molar-refractivity contribution is 5.59. The van der Waals surface area contributed by atoms with Crippen LogP contribution in [0.15, 0.2) is 0 Å². The Labute approximate surface area is 100 Å². The summed E-state index contributed by atoms with van der Waals surface area (Å²) in [5, 5.41) is 18.2. The molecule has 1 rings (SSSR count). The number of aryl methyl sites for hydroxylation is 1. The Balaban J connectivity index is 3.07. The summed E-state index contributed by atoms with van der Waals surface area (Å²) in [7, 11) is 0. The highest BCUT2D eigenvalue weighted by Gasteiger charge is 2.25. The third-order valence-electron chi connectivity index (χ3n) is 2.40. The molecule has 1 aromatic rings. The van der Waals surface area contributed by atoms with E-state index in [4.69, 9.17) is 5.73 Å². The minimum atomic E-state index is -0.397. The first-order valence-electron chi connectivity index (χ1n) is 5.66. The van der Waals surface area contributed by atoms with Gasteiger partial charge in [0.1, 0.15) is 5.69 Å². The van der Waals surface area contributed by atoms with Gasteiger partial charge in [-0.05, 0) is 33.7 Å². The van der Waals surface area contributed by atoms with Gasteiger partial charge in [-0.2, -0.15) is 5.10 Å². The van der Waals surface area contributed by atoms with Gasteiger partial charge < -0.3 is 11.1 Å². The van der Waals surface area contributed by atoms with Gasteiger partial charge in [0.2, 0.25) is 5.82 Å². The van der Waals surface area contributed by atoms with Crippen LogP contribution in [0.4, 0.5) is 11.5 Å². The molecule has 1 aromatic heterocycles. The summed E-state index contributed by atoms with van der Waals surface area (Å²) in [4.78, 5) is 10.6. The number of nitro groups is 1. The lowest BCUT2D eigenvalue weighted by atomic mass is 10.3. The summed E-state index contributed by atoms with van der Waals surface area (Å²) >= 11 is 0. The van der Waals surface area contributed by atoms with E-state index in [9.17, 15) is 10.1 Å². The first-order valence-corrected chi connectivity index (χ1v) is 5.66. The first-order chi connectivity index (χ1) is 7.99. The highest BCUT2D eigenvalue weighted by atomic mass is 16.6. The van der Waals surface area contributed by atoms with Crippen molar-refractivity contribution in [1.82, 2.24) is 9.78 Å². The summed E-state index contributed by atoms with van der Waals surface area (Å²) < 4.78 is 1.64. The van der Waals surface area contributed by atoms with Gasteiger partial charge in [0.05, 0.1) is 4.92 Å². The van der Waals surface area contributed by atoms with Gasteiger partial charge in [-0.25, -0.2) is 4.68 Å². The average Bonchev–Trinajstić information content (AvgIpc) is 2.56. The normalized spacial score (nSPS) is 10.9. The predicted molar refractivity (Wildman–Crippen MR) is 66.2 cm³/mol. The van der Waals surface area contributed by atoms with Crippen LogP contribution in [-0.4, -0.2) is 27.8 Å². The smallest absolute Gasteiger partial charge is 0.333 e. The van der Waals surface area contributed by atoms with Crippen LogP contribution in [0, 0.1) is 17.0 Å². The molecule has 3 N–H and O–H groups in total. The first kappa shape index (κ1) is 13.4. The Bertz CT molecular complexity index is 400. The van der Waals surface area contributed by atoms with Crippen molar-refractivity contribution in [2.24, 2.45) is 5.73 Å². The minimum Gasteiger partial charge on any atom is -0.364 e. The lowest BCUT2D eigenvalue weighted by Crippen LogP contribution is -2.14. The Hall–Kier alpha value is -1.63. The van der Waals surface area contributed by atoms with E-state index >= 15 is 0 Å². The Kier molecular flexibility index (Phi) is 4.45. The maximum absolute atomic E-state index is 11.0. The Morgan fingerprint density at radius 2 is 2.24 bits per heavy atom. The number of aromatic nitrogens is 2. The second-order valence-electron chi connectivity index (χ2n) is 4.15. The van der Waals surface area contributed by atoms with E-state index in [2.05, 4.69) is 10.4 Å². The van der Waals surface area contributed by atoms with Crippen LogP contribution >= 0.6 is 0 Å². The number of anilines is 1. The molecule has 0 radical (unpaired) electrons. The zero-order chi connectivity index (χ0) is 13.0. The maximum Gasteiger partial charge on any atom is 0.333 e. The molecular weight excluding hydrogens is 222 g/mol. The van der Waals surface area contributed by atoms with Crippen LogP contribution in [0.2, 0.25) is 0 Å². The fourth-order valence-corrected chi connectivity index (χ4v) is 1.60. The largest absolute Gasteiger partial charge is 0.364 e. The van der Waals surface area contributed by atoms with E-state index in [0.717, 1.165) is 6.42 Å². The molecule has 7 nitrogen and oxygen atoms in total. The number of hydrogen-bond acceptors (Lipinski definition) is 5. The van der Waals surface area contributed by atoms with E-state index < -0.39 is 4.92 Å². The second kappa shape index (κ2) is 5.62. The predicted octanol–water partition coefficient (Wildman–Crippen LogP) is 1.44. The van der Waals surface area contributed by atoms with E-state index in [1.165, 1.54) is 0 Å². The molecule has 0 bridgehead atoms. The van der Waals surface area contributed by atoms with Crippen LogP contribution < -0.4 is 11.1 Å². The average molecular weight is 241 g/mol. The van der Waals surface area contributed by atoms with Crippen LogP contribution in [0.3, 0.4) is 0 Å². The summed E-state index contributed by atoms with van der Waals surface area (Å²) in [6.45, 7) is 6.67. The fourth-order valence-electron chi connectivity index (χ4n) is 1.60. The van der Waals surface area contributed by atoms with Gasteiger partial charge in [0.15, 0.2) is 0 Å². The molecule has 0 atom stereocenters. The van der Waals surface area contributed by atoms with Gasteiger partial charge in [-0.3, -0.25) is 10.1 Å². The quantitative estimate of drug-likeness (QED) is 0.446. The third-order valence-corrected chi connectivity index (χ3v) is 2.40. The molecule has 0 saturated heterocycles. The fraction of sp³-hybridized carbons (Fsp3) is 0.700. The van der Waals surface area contributed by atoms with Crippen molar-refractivity contribution in [3.63, 3.8) is 0 Å². The number of nitrogens with zero attached hydrogens (tertiary/aromatic N) is 3. The van der Waals surface area contributed by atoms with Crippen molar-refractivity contribution in [2.45, 2.75) is 33.2 Å². The van der Waals surface area contributed by atoms with Gasteiger partial charge >= 0.3 is 5.69 Å². The van der Waals surface area contributed by atoms with E-state index in [1.54, 1.807) is 11.6 Å². The van der Waals surface area contributed by atoms with Crippen molar-refractivity contribution >= 4 is 11.5 Å². The number of nitrogens with two attached hydrogens (primary N) is 1. The van der Waals surface area contributed by atoms with Crippen molar-refractivity contribution in [3.05, 3.63) is 15.8 Å². The third kappa shape index (κ3) is 2.94. The lowest BCUT2D eigenvalue weighted by molar-refractivity contribution is -0.384. The van der Waals surface area contributed by atoms with Crippen LogP contribution in [0.1, 0.15) is 32.0 Å². The number of rotatable bonds is 6. The van der Waals surface area contributed by atoms with Gasteiger partial charge in [-0.15, -0.1) is 0 Å². The van der Waals surface area contributed by atoms with E-state index in [1.807, 2.05) is 13.8 Å². The van der Waals surface area contributed by atoms with Crippen LogP contribution in [-0.2, 0) is 0 Å². The van der Waals surface area contributed by atoms with E-state index in [-0.39, 0.29) is 11.7 Å². The number of hydrogen-bond donors (Lipinski definition) is 2. The van der Waals surface area contributed by atoms with Crippen molar-refractivity contribution < 1.29 is 4.92 Å². The van der Waals surface area contributed by atoms with Gasteiger partial charge in [0.25, 0.3) is 0 Å². The molecule has 0 fully saturated rings. The highest BCUT2D eigenvalue weighted by Crippen LogP contribution is 2.30. The zero-order valence-corrected chi connectivity index (χ0v) is 10.4. The zero-order valence-electron chi connectivity index (χ0n) is 10.4.